The van der Waals surface area contributed by atoms with Crippen molar-refractivity contribution in [3.8, 4) is 5.75 Å². The molecule has 2 N–H and O–H groups in total. The third-order valence-electron chi connectivity index (χ3n) is 3.95. The van der Waals surface area contributed by atoms with Gasteiger partial charge in [-0.25, -0.2) is 5.43 Å². The molecule has 0 fully saturated rings. The molecule has 0 saturated carbocycles. The van der Waals surface area contributed by atoms with Gasteiger partial charge in [-0.05, 0) is 57.9 Å². The van der Waals surface area contributed by atoms with Gasteiger partial charge in [0.2, 0.25) is 0 Å². The van der Waals surface area contributed by atoms with E-state index in [0.717, 1.165) is 30.2 Å². The highest BCUT2D eigenvalue weighted by atomic mass is 79.9. The van der Waals surface area contributed by atoms with Gasteiger partial charge < -0.3 is 10.1 Å². The summed E-state index contributed by atoms with van der Waals surface area (Å²) in [5.74, 6) is 0.392. The van der Waals surface area contributed by atoms with Gasteiger partial charge >= 0.3 is 0 Å². The number of hydrogen-bond acceptors (Lipinski definition) is 4. The minimum atomic E-state index is -0.255. The van der Waals surface area contributed by atoms with Crippen molar-refractivity contribution in [2.45, 2.75) is 6.61 Å². The average Bonchev–Trinajstić information content (AvgIpc) is 2.73. The molecule has 3 rings (SSSR count). The van der Waals surface area contributed by atoms with E-state index in [1.54, 1.807) is 6.21 Å². The van der Waals surface area contributed by atoms with E-state index < -0.39 is 0 Å². The molecule has 0 heterocycles. The molecule has 154 valence electrons. The Balaban J connectivity index is 1.60. The van der Waals surface area contributed by atoms with E-state index >= 15 is 0 Å². The molecule has 0 atom stereocenters. The van der Waals surface area contributed by atoms with Gasteiger partial charge in [0.1, 0.15) is 12.4 Å². The van der Waals surface area contributed by atoms with E-state index in [9.17, 15) is 4.79 Å². The number of benzene rings is 3. The minimum absolute atomic E-state index is 0.110. The Bertz CT molecular complexity index is 1030. The molecule has 30 heavy (non-hydrogen) atoms. The van der Waals surface area contributed by atoms with Crippen molar-refractivity contribution in [2.75, 3.05) is 11.9 Å². The topological polar surface area (TPSA) is 62.7 Å². The van der Waals surface area contributed by atoms with Crippen molar-refractivity contribution in [1.29, 1.82) is 0 Å². The van der Waals surface area contributed by atoms with Crippen LogP contribution in [0, 0.1) is 0 Å². The van der Waals surface area contributed by atoms with E-state index in [2.05, 4.69) is 63.6 Å². The molecular weight excluding hydrogens is 578 g/mol. The summed E-state index contributed by atoms with van der Waals surface area (Å²) in [6.45, 7) is 0.532. The quantitative estimate of drug-likeness (QED) is 0.244. The molecule has 0 bridgehead atoms. The molecule has 0 aliphatic rings. The highest BCUT2D eigenvalue weighted by Gasteiger charge is 2.10. The lowest BCUT2D eigenvalue weighted by molar-refractivity contribution is -0.119. The molecule has 0 aromatic heterocycles. The highest BCUT2D eigenvalue weighted by Crippen LogP contribution is 2.32. The van der Waals surface area contributed by atoms with Crippen LogP contribution in [0.5, 0.6) is 5.75 Å². The molecule has 0 aliphatic heterocycles. The predicted molar refractivity (Wildman–Crippen MR) is 131 cm³/mol. The van der Waals surface area contributed by atoms with Crippen LogP contribution in [0.15, 0.2) is 85.2 Å². The Morgan fingerprint density at radius 2 is 1.70 bits per heavy atom. The molecular formula is C22H18Br3N3O2. The van der Waals surface area contributed by atoms with Crippen LogP contribution in [-0.4, -0.2) is 18.7 Å². The van der Waals surface area contributed by atoms with Crippen LogP contribution < -0.4 is 15.5 Å². The number of hydrazone groups is 1. The Morgan fingerprint density at radius 3 is 2.43 bits per heavy atom. The summed E-state index contributed by atoms with van der Waals surface area (Å²) in [7, 11) is 0. The first-order chi connectivity index (χ1) is 14.5. The maximum absolute atomic E-state index is 12.1. The molecule has 0 aliphatic carbocycles. The Labute approximate surface area is 200 Å². The zero-order valence-electron chi connectivity index (χ0n) is 15.7. The van der Waals surface area contributed by atoms with Gasteiger partial charge in [-0.15, -0.1) is 0 Å². The number of carbonyl (C=O) groups is 1. The SMILES string of the molecule is O=C(CNc1ccc(Br)cc1)N/N=C\c1cc(Br)cc(Br)c1OCc1ccccc1. The molecule has 0 radical (unpaired) electrons. The third-order valence-corrected chi connectivity index (χ3v) is 5.53. The molecule has 0 spiro atoms. The minimum Gasteiger partial charge on any atom is -0.487 e. The van der Waals surface area contributed by atoms with E-state index in [1.165, 1.54) is 0 Å². The number of halogens is 3. The average molecular weight is 596 g/mol. The second-order valence-corrected chi connectivity index (χ2v) is 8.92. The summed E-state index contributed by atoms with van der Waals surface area (Å²) < 4.78 is 8.63. The van der Waals surface area contributed by atoms with Gasteiger partial charge in [0.25, 0.3) is 5.91 Å². The molecule has 3 aromatic rings. The zero-order valence-corrected chi connectivity index (χ0v) is 20.5. The van der Waals surface area contributed by atoms with Crippen LogP contribution >= 0.6 is 47.8 Å². The Kier molecular flexibility index (Phi) is 8.48. The van der Waals surface area contributed by atoms with Crippen molar-refractivity contribution in [3.63, 3.8) is 0 Å². The maximum Gasteiger partial charge on any atom is 0.259 e. The van der Waals surface area contributed by atoms with Crippen molar-refractivity contribution >= 4 is 65.6 Å². The monoisotopic (exact) mass is 593 g/mol. The van der Waals surface area contributed by atoms with Gasteiger partial charge in [-0.3, -0.25) is 4.79 Å². The number of ether oxygens (including phenoxy) is 1. The molecule has 0 unspecified atom stereocenters. The van der Waals surface area contributed by atoms with E-state index in [1.807, 2.05) is 66.7 Å². The predicted octanol–water partition coefficient (Wildman–Crippen LogP) is 6.12. The number of anilines is 1. The molecule has 1 amide bonds. The lowest BCUT2D eigenvalue weighted by atomic mass is 10.2. The first kappa shape index (κ1) is 22.5. The molecule has 0 saturated heterocycles. The normalized spacial score (nSPS) is 10.8. The van der Waals surface area contributed by atoms with Crippen LogP contribution in [0.1, 0.15) is 11.1 Å². The standard InChI is InChI=1S/C22H18Br3N3O2/c23-17-6-8-19(9-7-17)26-13-21(29)28-27-12-16-10-18(24)11-20(25)22(16)30-14-15-4-2-1-3-5-15/h1-12,26H,13-14H2,(H,28,29)/b27-12-. The lowest BCUT2D eigenvalue weighted by Gasteiger charge is -2.12. The lowest BCUT2D eigenvalue weighted by Crippen LogP contribution is -2.25. The fourth-order valence-corrected chi connectivity index (χ4v) is 4.16. The van der Waals surface area contributed by atoms with E-state index in [0.29, 0.717) is 12.4 Å². The number of nitrogens with zero attached hydrogens (tertiary/aromatic N) is 1. The summed E-state index contributed by atoms with van der Waals surface area (Å²) in [6.07, 6.45) is 1.56. The van der Waals surface area contributed by atoms with Crippen molar-refractivity contribution in [3.05, 3.63) is 91.3 Å². The van der Waals surface area contributed by atoms with Crippen molar-refractivity contribution in [2.24, 2.45) is 5.10 Å². The number of hydrogen-bond donors (Lipinski definition) is 2. The van der Waals surface area contributed by atoms with Crippen LogP contribution in [0.25, 0.3) is 0 Å². The number of rotatable bonds is 8. The van der Waals surface area contributed by atoms with Crippen LogP contribution in [-0.2, 0) is 11.4 Å². The van der Waals surface area contributed by atoms with Gasteiger partial charge in [0.15, 0.2) is 0 Å². The number of nitrogens with one attached hydrogen (secondary N) is 2. The van der Waals surface area contributed by atoms with Crippen molar-refractivity contribution in [1.82, 2.24) is 5.43 Å². The first-order valence-electron chi connectivity index (χ1n) is 8.98. The Hall–Kier alpha value is -2.16. The summed E-state index contributed by atoms with van der Waals surface area (Å²) in [6, 6.07) is 21.3. The fraction of sp³-hybridized carbons (Fsp3) is 0.0909. The zero-order chi connectivity index (χ0) is 21.3. The largest absolute Gasteiger partial charge is 0.487 e. The fourth-order valence-electron chi connectivity index (χ4n) is 2.52. The van der Waals surface area contributed by atoms with Gasteiger partial charge in [-0.2, -0.15) is 5.10 Å². The van der Waals surface area contributed by atoms with E-state index in [4.69, 9.17) is 4.74 Å². The summed E-state index contributed by atoms with van der Waals surface area (Å²) in [4.78, 5) is 12.1. The molecule has 5 nitrogen and oxygen atoms in total. The van der Waals surface area contributed by atoms with Gasteiger partial charge in [0.05, 0.1) is 17.2 Å². The van der Waals surface area contributed by atoms with Crippen molar-refractivity contribution < 1.29 is 9.53 Å². The third kappa shape index (κ3) is 6.97. The summed E-state index contributed by atoms with van der Waals surface area (Å²) >= 11 is 10.4. The van der Waals surface area contributed by atoms with Crippen LogP contribution in [0.4, 0.5) is 5.69 Å². The van der Waals surface area contributed by atoms with Crippen LogP contribution in [0.2, 0.25) is 0 Å². The maximum atomic E-state index is 12.1. The molecule has 3 aromatic carbocycles. The first-order valence-corrected chi connectivity index (χ1v) is 11.4. The van der Waals surface area contributed by atoms with Gasteiger partial charge in [0, 0.05) is 20.2 Å². The van der Waals surface area contributed by atoms with Gasteiger partial charge in [-0.1, -0.05) is 62.2 Å². The number of amides is 1. The smallest absolute Gasteiger partial charge is 0.259 e. The second-order valence-electron chi connectivity index (χ2n) is 6.23. The Morgan fingerprint density at radius 1 is 0.967 bits per heavy atom. The summed E-state index contributed by atoms with van der Waals surface area (Å²) in [5, 5.41) is 7.11. The number of carbonyl (C=O) groups excluding carboxylic acids is 1. The van der Waals surface area contributed by atoms with Crippen LogP contribution in [0.3, 0.4) is 0 Å². The summed E-state index contributed by atoms with van der Waals surface area (Å²) in [5.41, 5.74) is 5.16. The molecule has 8 heteroatoms. The highest BCUT2D eigenvalue weighted by molar-refractivity contribution is 9.11. The second kappa shape index (κ2) is 11.3. The van der Waals surface area contributed by atoms with E-state index in [-0.39, 0.29) is 12.5 Å².